The number of piperazine rings is 1. The lowest BCUT2D eigenvalue weighted by Gasteiger charge is -2.39. The molecule has 21 heavy (non-hydrogen) atoms. The van der Waals surface area contributed by atoms with Gasteiger partial charge >= 0.3 is 11.8 Å². The molecule has 1 aromatic rings. The highest BCUT2D eigenvalue weighted by molar-refractivity contribution is 6.35. The van der Waals surface area contributed by atoms with Crippen LogP contribution in [-0.2, 0) is 9.59 Å². The first-order chi connectivity index (χ1) is 9.99. The van der Waals surface area contributed by atoms with Crippen molar-refractivity contribution >= 4 is 11.8 Å². The summed E-state index contributed by atoms with van der Waals surface area (Å²) in [6, 6.07) is 3.03. The summed E-state index contributed by atoms with van der Waals surface area (Å²) in [5, 5.41) is 0. The van der Waals surface area contributed by atoms with Crippen molar-refractivity contribution in [2.45, 2.75) is 39.3 Å². The van der Waals surface area contributed by atoms with E-state index in [1.165, 1.54) is 0 Å². The molecule has 2 heterocycles. The maximum Gasteiger partial charge on any atom is 0.312 e. The molecule has 6 heteroatoms. The van der Waals surface area contributed by atoms with Gasteiger partial charge in [-0.1, -0.05) is 6.92 Å². The Kier molecular flexibility index (Phi) is 4.67. The van der Waals surface area contributed by atoms with E-state index in [9.17, 15) is 9.59 Å². The largest absolute Gasteiger partial charge is 0.464 e. The summed E-state index contributed by atoms with van der Waals surface area (Å²) in [5.41, 5.74) is 6.19. The second-order valence-corrected chi connectivity index (χ2v) is 5.35. The zero-order chi connectivity index (χ0) is 15.6. The number of aryl methyl sites for hydroxylation is 1. The number of hydrogen-bond acceptors (Lipinski definition) is 4. The molecule has 0 spiro atoms. The molecule has 6 nitrogen and oxygen atoms in total. The molecule has 1 aliphatic heterocycles. The average Bonchev–Trinajstić information content (AvgIpc) is 2.90. The third kappa shape index (κ3) is 2.95. The standard InChI is InChI=1S/C15H23N3O3/c1-4-11(16)13(12-7-6-10(3)21-12)18-9-8-17(5-2)14(19)15(18)20/h6-7,11,13H,4-5,8-9,16H2,1-3H3. The van der Waals surface area contributed by atoms with Gasteiger partial charge in [0.25, 0.3) is 0 Å². The number of carbonyl (C=O) groups excluding carboxylic acids is 2. The van der Waals surface area contributed by atoms with Gasteiger partial charge in [0.1, 0.15) is 17.6 Å². The zero-order valence-corrected chi connectivity index (χ0v) is 12.8. The third-order valence-corrected chi connectivity index (χ3v) is 3.99. The normalized spacial score (nSPS) is 19.0. The van der Waals surface area contributed by atoms with E-state index < -0.39 is 11.8 Å². The van der Waals surface area contributed by atoms with Gasteiger partial charge in [-0.3, -0.25) is 9.59 Å². The van der Waals surface area contributed by atoms with Gasteiger partial charge in [-0.25, -0.2) is 0 Å². The van der Waals surface area contributed by atoms with Crippen LogP contribution in [0.4, 0.5) is 0 Å². The van der Waals surface area contributed by atoms with Crippen molar-refractivity contribution in [2.75, 3.05) is 19.6 Å². The van der Waals surface area contributed by atoms with E-state index in [0.29, 0.717) is 31.8 Å². The average molecular weight is 293 g/mol. The van der Waals surface area contributed by atoms with Gasteiger partial charge in [0.05, 0.1) is 0 Å². The number of nitrogens with zero attached hydrogens (tertiary/aromatic N) is 2. The summed E-state index contributed by atoms with van der Waals surface area (Å²) in [7, 11) is 0. The Morgan fingerprint density at radius 3 is 2.48 bits per heavy atom. The molecule has 0 bridgehead atoms. The first-order valence-corrected chi connectivity index (χ1v) is 7.41. The predicted molar refractivity (Wildman–Crippen MR) is 78.4 cm³/mol. The van der Waals surface area contributed by atoms with Crippen LogP contribution in [0, 0.1) is 6.92 Å². The van der Waals surface area contributed by atoms with Gasteiger partial charge < -0.3 is 20.0 Å². The lowest BCUT2D eigenvalue weighted by atomic mass is 10.0. The van der Waals surface area contributed by atoms with Crippen LogP contribution in [-0.4, -0.2) is 47.3 Å². The van der Waals surface area contributed by atoms with Crippen LogP contribution in [0.3, 0.4) is 0 Å². The highest BCUT2D eigenvalue weighted by atomic mass is 16.3. The van der Waals surface area contributed by atoms with Crippen molar-refractivity contribution in [1.82, 2.24) is 9.80 Å². The van der Waals surface area contributed by atoms with E-state index in [0.717, 1.165) is 5.76 Å². The van der Waals surface area contributed by atoms with E-state index >= 15 is 0 Å². The van der Waals surface area contributed by atoms with Crippen LogP contribution in [0.25, 0.3) is 0 Å². The number of nitrogens with two attached hydrogens (primary N) is 1. The molecular formula is C15H23N3O3. The van der Waals surface area contributed by atoms with Crippen LogP contribution >= 0.6 is 0 Å². The van der Waals surface area contributed by atoms with Crippen molar-refractivity contribution in [3.8, 4) is 0 Å². The van der Waals surface area contributed by atoms with E-state index in [-0.39, 0.29) is 12.1 Å². The molecule has 116 valence electrons. The predicted octanol–water partition coefficient (Wildman–Crippen LogP) is 1.06. The van der Waals surface area contributed by atoms with Crippen LogP contribution < -0.4 is 5.73 Å². The molecule has 0 aromatic carbocycles. The Balaban J connectivity index is 2.30. The lowest BCUT2D eigenvalue weighted by molar-refractivity contribution is -0.158. The van der Waals surface area contributed by atoms with E-state index in [1.54, 1.807) is 9.80 Å². The summed E-state index contributed by atoms with van der Waals surface area (Å²) in [6.07, 6.45) is 0.694. The van der Waals surface area contributed by atoms with E-state index in [2.05, 4.69) is 0 Å². The van der Waals surface area contributed by atoms with Gasteiger partial charge in [0.15, 0.2) is 0 Å². The van der Waals surface area contributed by atoms with E-state index in [1.807, 2.05) is 32.9 Å². The van der Waals surface area contributed by atoms with Crippen LogP contribution in [0.15, 0.2) is 16.5 Å². The number of amides is 2. The summed E-state index contributed by atoms with van der Waals surface area (Å²) in [6.45, 7) is 7.24. The number of furan rings is 1. The van der Waals surface area contributed by atoms with Crippen LogP contribution in [0.1, 0.15) is 37.8 Å². The maximum atomic E-state index is 12.4. The third-order valence-electron chi connectivity index (χ3n) is 3.99. The number of hydrogen-bond donors (Lipinski definition) is 1. The quantitative estimate of drug-likeness (QED) is 0.823. The maximum absolute atomic E-state index is 12.4. The fourth-order valence-corrected chi connectivity index (χ4v) is 2.69. The van der Waals surface area contributed by atoms with Crippen molar-refractivity contribution in [2.24, 2.45) is 5.73 Å². The van der Waals surface area contributed by atoms with Gasteiger partial charge in [0, 0.05) is 25.7 Å². The first kappa shape index (κ1) is 15.6. The Bertz CT molecular complexity index is 526. The summed E-state index contributed by atoms with van der Waals surface area (Å²) in [4.78, 5) is 27.6. The van der Waals surface area contributed by atoms with Gasteiger partial charge in [0.2, 0.25) is 0 Å². The monoisotopic (exact) mass is 293 g/mol. The zero-order valence-electron chi connectivity index (χ0n) is 12.8. The van der Waals surface area contributed by atoms with Gasteiger partial charge in [-0.15, -0.1) is 0 Å². The fraction of sp³-hybridized carbons (Fsp3) is 0.600. The highest BCUT2D eigenvalue weighted by Gasteiger charge is 2.39. The minimum Gasteiger partial charge on any atom is -0.464 e. The van der Waals surface area contributed by atoms with Crippen molar-refractivity contribution in [1.29, 1.82) is 0 Å². The fourth-order valence-electron chi connectivity index (χ4n) is 2.69. The summed E-state index contributed by atoms with van der Waals surface area (Å²) in [5.74, 6) is 0.462. The van der Waals surface area contributed by atoms with Crippen molar-refractivity contribution < 1.29 is 14.0 Å². The smallest absolute Gasteiger partial charge is 0.312 e. The Hall–Kier alpha value is -1.82. The lowest BCUT2D eigenvalue weighted by Crippen LogP contribution is -2.57. The second-order valence-electron chi connectivity index (χ2n) is 5.35. The molecule has 2 N–H and O–H groups in total. The Morgan fingerprint density at radius 2 is 1.95 bits per heavy atom. The Morgan fingerprint density at radius 1 is 1.24 bits per heavy atom. The van der Waals surface area contributed by atoms with E-state index in [4.69, 9.17) is 10.2 Å². The van der Waals surface area contributed by atoms with Gasteiger partial charge in [-0.05, 0) is 32.4 Å². The molecule has 1 aromatic heterocycles. The molecule has 0 radical (unpaired) electrons. The molecule has 2 amide bonds. The first-order valence-electron chi connectivity index (χ1n) is 7.41. The summed E-state index contributed by atoms with van der Waals surface area (Å²) < 4.78 is 5.66. The molecule has 2 atom stereocenters. The van der Waals surface area contributed by atoms with Crippen molar-refractivity contribution in [3.63, 3.8) is 0 Å². The minimum atomic E-state index is -0.494. The SMILES string of the molecule is CCC(N)C(c1ccc(C)o1)N1CCN(CC)C(=O)C1=O. The molecule has 1 saturated heterocycles. The molecular weight excluding hydrogens is 270 g/mol. The minimum absolute atomic E-state index is 0.263. The van der Waals surface area contributed by atoms with Gasteiger partial charge in [-0.2, -0.15) is 0 Å². The second kappa shape index (κ2) is 6.30. The highest BCUT2D eigenvalue weighted by Crippen LogP contribution is 2.28. The van der Waals surface area contributed by atoms with Crippen LogP contribution in [0.2, 0.25) is 0 Å². The number of likely N-dealkylation sites (N-methyl/N-ethyl adjacent to an activating group) is 1. The molecule has 0 aliphatic carbocycles. The molecule has 1 aliphatic rings. The molecule has 0 saturated carbocycles. The molecule has 1 fully saturated rings. The van der Waals surface area contributed by atoms with Crippen LogP contribution in [0.5, 0.6) is 0 Å². The summed E-state index contributed by atoms with van der Waals surface area (Å²) >= 11 is 0. The van der Waals surface area contributed by atoms with Crippen molar-refractivity contribution in [3.05, 3.63) is 23.7 Å². The Labute approximate surface area is 124 Å². The molecule has 2 unspecified atom stereocenters. The topological polar surface area (TPSA) is 79.8 Å². The molecule has 2 rings (SSSR count). The number of carbonyl (C=O) groups is 2. The number of rotatable bonds is 5.